The molecule has 0 aliphatic carbocycles. The first-order valence-corrected chi connectivity index (χ1v) is 4.94. The average molecular weight is 253 g/mol. The van der Waals surface area contributed by atoms with Gasteiger partial charge in [-0.15, -0.1) is 0 Å². The van der Waals surface area contributed by atoms with Crippen LogP contribution in [-0.4, -0.2) is 19.7 Å². The number of aryl methyl sites for hydroxylation is 2. The molecule has 14 heavy (non-hydrogen) atoms. The normalized spacial score (nSPS) is 10.5. The topological polar surface area (TPSA) is 43.6 Å². The predicted molar refractivity (Wildman–Crippen MR) is 56.7 cm³/mol. The van der Waals surface area contributed by atoms with Crippen LogP contribution in [0, 0.1) is 6.92 Å². The van der Waals surface area contributed by atoms with Crippen LogP contribution in [0.15, 0.2) is 23.2 Å². The van der Waals surface area contributed by atoms with E-state index in [1.54, 1.807) is 17.1 Å². The van der Waals surface area contributed by atoms with Gasteiger partial charge in [-0.3, -0.25) is 9.67 Å². The fraction of sp³-hybridized carbons (Fsp3) is 0.222. The molecule has 72 valence electrons. The summed E-state index contributed by atoms with van der Waals surface area (Å²) in [6.45, 7) is 1.96. The zero-order chi connectivity index (χ0) is 10.1. The molecular formula is C9H9BrN4. The molecule has 2 rings (SSSR count). The van der Waals surface area contributed by atoms with Crippen LogP contribution >= 0.6 is 15.9 Å². The zero-order valence-electron chi connectivity index (χ0n) is 7.90. The molecule has 4 nitrogen and oxygen atoms in total. The van der Waals surface area contributed by atoms with Crippen molar-refractivity contribution < 1.29 is 0 Å². The number of nitrogens with zero attached hydrogens (tertiary/aromatic N) is 4. The average Bonchev–Trinajstić information content (AvgIpc) is 2.45. The van der Waals surface area contributed by atoms with E-state index >= 15 is 0 Å². The van der Waals surface area contributed by atoms with E-state index in [9.17, 15) is 0 Å². The van der Waals surface area contributed by atoms with Gasteiger partial charge in [0.15, 0.2) is 0 Å². The van der Waals surface area contributed by atoms with Crippen molar-refractivity contribution in [3.8, 4) is 11.3 Å². The zero-order valence-corrected chi connectivity index (χ0v) is 9.48. The Bertz CT molecular complexity index is 464. The number of halogens is 1. The Morgan fingerprint density at radius 2 is 2.14 bits per heavy atom. The highest BCUT2D eigenvalue weighted by molar-refractivity contribution is 9.10. The van der Waals surface area contributed by atoms with Gasteiger partial charge in [-0.1, -0.05) is 0 Å². The van der Waals surface area contributed by atoms with Gasteiger partial charge in [-0.05, 0) is 22.9 Å². The van der Waals surface area contributed by atoms with E-state index in [1.807, 2.05) is 20.2 Å². The summed E-state index contributed by atoms with van der Waals surface area (Å²) in [4.78, 5) is 8.38. The lowest BCUT2D eigenvalue weighted by Crippen LogP contribution is -1.86. The van der Waals surface area contributed by atoms with Gasteiger partial charge in [-0.25, -0.2) is 4.98 Å². The summed E-state index contributed by atoms with van der Waals surface area (Å²) in [5.41, 5.74) is 2.81. The minimum absolute atomic E-state index is 0.734. The maximum absolute atomic E-state index is 4.32. The second-order valence-electron chi connectivity index (χ2n) is 3.03. The molecule has 2 aromatic heterocycles. The van der Waals surface area contributed by atoms with Gasteiger partial charge in [0.05, 0.1) is 23.8 Å². The SMILES string of the molecule is Cc1nn(C)cc1-c1cncc(Br)n1. The van der Waals surface area contributed by atoms with Crippen molar-refractivity contribution in [2.45, 2.75) is 6.92 Å². The van der Waals surface area contributed by atoms with Crippen molar-refractivity contribution in [3.05, 3.63) is 28.9 Å². The molecule has 0 bridgehead atoms. The van der Waals surface area contributed by atoms with E-state index in [4.69, 9.17) is 0 Å². The second kappa shape index (κ2) is 3.49. The molecule has 0 spiro atoms. The van der Waals surface area contributed by atoms with Crippen LogP contribution in [0.4, 0.5) is 0 Å². The summed E-state index contributed by atoms with van der Waals surface area (Å²) < 4.78 is 2.51. The number of hydrogen-bond donors (Lipinski definition) is 0. The summed E-state index contributed by atoms with van der Waals surface area (Å²) >= 11 is 3.29. The van der Waals surface area contributed by atoms with Gasteiger partial charge in [-0.2, -0.15) is 5.10 Å². The minimum Gasteiger partial charge on any atom is -0.275 e. The summed E-state index contributed by atoms with van der Waals surface area (Å²) in [5.74, 6) is 0. The lowest BCUT2D eigenvalue weighted by atomic mass is 10.2. The van der Waals surface area contributed by atoms with Crippen molar-refractivity contribution in [2.24, 2.45) is 7.05 Å². The van der Waals surface area contributed by atoms with Crippen molar-refractivity contribution in [3.63, 3.8) is 0 Å². The summed E-state index contributed by atoms with van der Waals surface area (Å²) in [7, 11) is 1.89. The fourth-order valence-corrected chi connectivity index (χ4v) is 1.63. The van der Waals surface area contributed by atoms with Gasteiger partial charge in [0, 0.05) is 18.8 Å². The van der Waals surface area contributed by atoms with E-state index in [2.05, 4.69) is 31.0 Å². The quantitative estimate of drug-likeness (QED) is 0.780. The third-order valence-corrected chi connectivity index (χ3v) is 2.28. The molecule has 0 amide bonds. The highest BCUT2D eigenvalue weighted by Crippen LogP contribution is 2.20. The summed E-state index contributed by atoms with van der Waals surface area (Å²) in [6, 6.07) is 0. The highest BCUT2D eigenvalue weighted by Gasteiger charge is 2.07. The van der Waals surface area contributed by atoms with Gasteiger partial charge in [0.1, 0.15) is 4.60 Å². The lowest BCUT2D eigenvalue weighted by Gasteiger charge is -1.96. The number of aromatic nitrogens is 4. The second-order valence-corrected chi connectivity index (χ2v) is 3.84. The maximum Gasteiger partial charge on any atom is 0.125 e. The van der Waals surface area contributed by atoms with Crippen LogP contribution < -0.4 is 0 Å². The Morgan fingerprint density at radius 1 is 1.36 bits per heavy atom. The minimum atomic E-state index is 0.734. The molecule has 0 fully saturated rings. The highest BCUT2D eigenvalue weighted by atomic mass is 79.9. The Labute approximate surface area is 90.1 Å². The van der Waals surface area contributed by atoms with E-state index in [-0.39, 0.29) is 0 Å². The molecule has 0 aliphatic rings. The van der Waals surface area contributed by atoms with Crippen molar-refractivity contribution >= 4 is 15.9 Å². The monoisotopic (exact) mass is 252 g/mol. The third kappa shape index (κ3) is 1.68. The molecule has 5 heteroatoms. The lowest BCUT2D eigenvalue weighted by molar-refractivity contribution is 0.756. The predicted octanol–water partition coefficient (Wildman–Crippen LogP) is 1.95. The molecule has 0 aromatic carbocycles. The molecule has 0 saturated heterocycles. The van der Waals surface area contributed by atoms with E-state index < -0.39 is 0 Å². The molecule has 2 heterocycles. The van der Waals surface area contributed by atoms with Crippen LogP contribution in [0.1, 0.15) is 5.69 Å². The van der Waals surface area contributed by atoms with Crippen LogP contribution in [0.2, 0.25) is 0 Å². The Hall–Kier alpha value is -1.23. The summed E-state index contributed by atoms with van der Waals surface area (Å²) in [6.07, 6.45) is 5.33. The van der Waals surface area contributed by atoms with Crippen LogP contribution in [0.25, 0.3) is 11.3 Å². The molecule has 0 unspecified atom stereocenters. The van der Waals surface area contributed by atoms with Crippen molar-refractivity contribution in [1.82, 2.24) is 19.7 Å². The molecule has 0 saturated carbocycles. The van der Waals surface area contributed by atoms with Crippen LogP contribution in [-0.2, 0) is 7.05 Å². The standard InChI is InChI=1S/C9H9BrN4/c1-6-7(5-14(2)13-6)8-3-11-4-9(10)12-8/h3-5H,1-2H3. The largest absolute Gasteiger partial charge is 0.275 e. The first-order chi connectivity index (χ1) is 6.66. The van der Waals surface area contributed by atoms with Gasteiger partial charge < -0.3 is 0 Å². The first kappa shape index (κ1) is 9.33. The van der Waals surface area contributed by atoms with E-state index in [0.717, 1.165) is 21.6 Å². The van der Waals surface area contributed by atoms with Crippen LogP contribution in [0.5, 0.6) is 0 Å². The Kier molecular flexibility index (Phi) is 2.33. The molecule has 2 aromatic rings. The van der Waals surface area contributed by atoms with Crippen LogP contribution in [0.3, 0.4) is 0 Å². The van der Waals surface area contributed by atoms with E-state index in [0.29, 0.717) is 0 Å². The summed E-state index contributed by atoms with van der Waals surface area (Å²) in [5, 5.41) is 4.25. The van der Waals surface area contributed by atoms with Gasteiger partial charge >= 0.3 is 0 Å². The van der Waals surface area contributed by atoms with E-state index in [1.165, 1.54) is 0 Å². The molecule has 0 radical (unpaired) electrons. The Balaban J connectivity index is 2.54. The third-order valence-electron chi connectivity index (χ3n) is 1.89. The van der Waals surface area contributed by atoms with Crippen molar-refractivity contribution in [1.29, 1.82) is 0 Å². The smallest absolute Gasteiger partial charge is 0.125 e. The molecule has 0 N–H and O–H groups in total. The maximum atomic E-state index is 4.32. The van der Waals surface area contributed by atoms with Gasteiger partial charge in [0.25, 0.3) is 0 Å². The number of rotatable bonds is 1. The fourth-order valence-electron chi connectivity index (χ4n) is 1.32. The first-order valence-electron chi connectivity index (χ1n) is 4.15. The van der Waals surface area contributed by atoms with Crippen molar-refractivity contribution in [2.75, 3.05) is 0 Å². The van der Waals surface area contributed by atoms with Gasteiger partial charge in [0.2, 0.25) is 0 Å². The molecule has 0 aliphatic heterocycles. The molecular weight excluding hydrogens is 244 g/mol. The molecule has 0 atom stereocenters. The Morgan fingerprint density at radius 3 is 2.71 bits per heavy atom. The number of hydrogen-bond acceptors (Lipinski definition) is 3.